The van der Waals surface area contributed by atoms with Gasteiger partial charge >= 0.3 is 0 Å². The second-order valence-corrected chi connectivity index (χ2v) is 8.75. The van der Waals surface area contributed by atoms with Gasteiger partial charge in [0.15, 0.2) is 5.82 Å². The van der Waals surface area contributed by atoms with E-state index in [1.807, 2.05) is 0 Å². The highest BCUT2D eigenvalue weighted by Crippen LogP contribution is 2.41. The maximum Gasteiger partial charge on any atom is 0.150 e. The minimum absolute atomic E-state index is 1.04. The van der Waals surface area contributed by atoms with Gasteiger partial charge in [0.25, 0.3) is 0 Å². The zero-order valence-corrected chi connectivity index (χ0v) is 14.6. The van der Waals surface area contributed by atoms with Crippen molar-refractivity contribution < 1.29 is 4.48 Å². The Labute approximate surface area is 142 Å². The van der Waals surface area contributed by atoms with Crippen molar-refractivity contribution in [2.45, 2.75) is 25.7 Å². The van der Waals surface area contributed by atoms with Crippen LogP contribution in [0.2, 0.25) is 0 Å². The van der Waals surface area contributed by atoms with Crippen molar-refractivity contribution in [2.75, 3.05) is 44.2 Å². The van der Waals surface area contributed by atoms with Crippen molar-refractivity contribution in [1.29, 1.82) is 0 Å². The molecule has 5 rings (SSSR count). The summed E-state index contributed by atoms with van der Waals surface area (Å²) < 4.78 is 7.50. The fourth-order valence-corrected chi connectivity index (χ4v) is 6.20. The normalized spacial score (nSPS) is 30.0. The Morgan fingerprint density at radius 3 is 2.43 bits per heavy atom. The lowest BCUT2D eigenvalue weighted by molar-refractivity contribution is -0.919. The van der Waals surface area contributed by atoms with Crippen LogP contribution in [-0.4, -0.2) is 48.1 Å². The topological polar surface area (TPSA) is 16.1 Å². The van der Waals surface area contributed by atoms with Gasteiger partial charge in [0.05, 0.1) is 44.0 Å². The second-order valence-electron chi connectivity index (χ2n) is 7.95. The molecule has 1 spiro atoms. The Bertz CT molecular complexity index is 685. The van der Waals surface area contributed by atoms with Gasteiger partial charge in [-0.15, -0.1) is 0 Å². The summed E-state index contributed by atoms with van der Waals surface area (Å²) in [6.45, 7) is 7.98. The molecule has 2 aromatic rings. The van der Waals surface area contributed by atoms with Crippen LogP contribution in [0.4, 0.5) is 5.82 Å². The van der Waals surface area contributed by atoms with Crippen molar-refractivity contribution in [3.63, 3.8) is 0 Å². The Morgan fingerprint density at radius 1 is 1.00 bits per heavy atom. The summed E-state index contributed by atoms with van der Waals surface area (Å²) in [5, 5.41) is 1.35. The van der Waals surface area contributed by atoms with Gasteiger partial charge in [0.1, 0.15) is 0 Å². The maximum absolute atomic E-state index is 4.77. The molecular weight excluding hydrogens is 302 g/mol. The molecule has 1 saturated carbocycles. The first-order valence-electron chi connectivity index (χ1n) is 9.27. The van der Waals surface area contributed by atoms with Crippen molar-refractivity contribution in [2.24, 2.45) is 11.8 Å². The molecule has 4 heteroatoms. The van der Waals surface area contributed by atoms with E-state index < -0.39 is 0 Å². The van der Waals surface area contributed by atoms with Crippen molar-refractivity contribution in [1.82, 2.24) is 4.37 Å². The van der Waals surface area contributed by atoms with E-state index in [0.717, 1.165) is 11.8 Å². The smallest absolute Gasteiger partial charge is 0.150 e. The number of hydrogen-bond donors (Lipinski definition) is 0. The van der Waals surface area contributed by atoms with E-state index >= 15 is 0 Å². The van der Waals surface area contributed by atoms with Crippen LogP contribution < -0.4 is 4.90 Å². The van der Waals surface area contributed by atoms with E-state index in [-0.39, 0.29) is 0 Å². The van der Waals surface area contributed by atoms with Crippen LogP contribution in [0.25, 0.3) is 10.1 Å². The highest BCUT2D eigenvalue weighted by Gasteiger charge is 2.47. The van der Waals surface area contributed by atoms with Crippen LogP contribution in [0.3, 0.4) is 0 Å². The molecular formula is C19H26N3S+. The molecule has 2 saturated heterocycles. The van der Waals surface area contributed by atoms with E-state index in [1.165, 1.54) is 85.3 Å². The quantitative estimate of drug-likeness (QED) is 0.741. The van der Waals surface area contributed by atoms with Gasteiger partial charge in [0.2, 0.25) is 0 Å². The zero-order valence-electron chi connectivity index (χ0n) is 13.8. The molecule has 2 aliphatic heterocycles. The van der Waals surface area contributed by atoms with Crippen LogP contribution in [0.5, 0.6) is 0 Å². The molecule has 1 aromatic heterocycles. The van der Waals surface area contributed by atoms with Crippen LogP contribution in [0.15, 0.2) is 24.3 Å². The monoisotopic (exact) mass is 328 g/mol. The summed E-state index contributed by atoms with van der Waals surface area (Å²) in [6, 6.07) is 8.69. The van der Waals surface area contributed by atoms with E-state index in [0.29, 0.717) is 0 Å². The molecule has 2 atom stereocenters. The maximum atomic E-state index is 4.77. The molecule has 122 valence electrons. The van der Waals surface area contributed by atoms with Gasteiger partial charge < -0.3 is 9.38 Å². The SMILES string of the molecule is c1ccc2c(N3CC[N+]4(CC3)C[C@H]3CCCC[C@@H]3C4)nsc2c1. The summed E-state index contributed by atoms with van der Waals surface area (Å²) in [5.74, 6) is 3.31. The molecule has 1 aromatic carbocycles. The Hall–Kier alpha value is -1.13. The van der Waals surface area contributed by atoms with Gasteiger partial charge in [-0.3, -0.25) is 0 Å². The van der Waals surface area contributed by atoms with E-state index in [9.17, 15) is 0 Å². The van der Waals surface area contributed by atoms with E-state index in [2.05, 4.69) is 29.2 Å². The number of anilines is 1. The zero-order chi connectivity index (χ0) is 15.3. The van der Waals surface area contributed by atoms with E-state index in [4.69, 9.17) is 4.37 Å². The fourth-order valence-electron chi connectivity index (χ4n) is 5.40. The number of piperazine rings is 1. The lowest BCUT2D eigenvalue weighted by Crippen LogP contribution is -2.58. The summed E-state index contributed by atoms with van der Waals surface area (Å²) in [4.78, 5) is 2.55. The molecule has 3 aliphatic rings. The Kier molecular flexibility index (Phi) is 3.37. The summed E-state index contributed by atoms with van der Waals surface area (Å²) in [5.41, 5.74) is 0. The molecule has 3 fully saturated rings. The molecule has 3 heterocycles. The average molecular weight is 329 g/mol. The highest BCUT2D eigenvalue weighted by atomic mass is 32.1. The predicted octanol–water partition coefficient (Wildman–Crippen LogP) is 3.75. The molecule has 23 heavy (non-hydrogen) atoms. The highest BCUT2D eigenvalue weighted by molar-refractivity contribution is 7.13. The number of fused-ring (bicyclic) bond motifs is 2. The molecule has 0 unspecified atom stereocenters. The van der Waals surface area contributed by atoms with Crippen LogP contribution in [0.1, 0.15) is 25.7 Å². The number of aromatic nitrogens is 1. The molecule has 0 radical (unpaired) electrons. The van der Waals surface area contributed by atoms with Gasteiger partial charge in [-0.2, -0.15) is 4.37 Å². The van der Waals surface area contributed by atoms with Gasteiger partial charge in [-0.25, -0.2) is 0 Å². The van der Waals surface area contributed by atoms with Gasteiger partial charge in [-0.05, 0) is 36.5 Å². The largest absolute Gasteiger partial charge is 0.344 e. The number of benzene rings is 1. The summed E-state index contributed by atoms with van der Waals surface area (Å²) in [6.07, 6.45) is 5.98. The van der Waals surface area contributed by atoms with Crippen LogP contribution >= 0.6 is 11.5 Å². The lowest BCUT2D eigenvalue weighted by atomic mass is 9.82. The first kappa shape index (κ1) is 14.2. The minimum Gasteiger partial charge on any atom is -0.344 e. The summed E-state index contributed by atoms with van der Waals surface area (Å²) >= 11 is 1.65. The number of rotatable bonds is 1. The summed E-state index contributed by atoms with van der Waals surface area (Å²) in [7, 11) is 0. The number of nitrogens with zero attached hydrogens (tertiary/aromatic N) is 3. The Morgan fingerprint density at radius 2 is 1.70 bits per heavy atom. The van der Waals surface area contributed by atoms with Crippen molar-refractivity contribution in [3.8, 4) is 0 Å². The van der Waals surface area contributed by atoms with Gasteiger partial charge in [-0.1, -0.05) is 25.0 Å². The molecule has 1 aliphatic carbocycles. The third-order valence-electron chi connectivity index (χ3n) is 6.66. The van der Waals surface area contributed by atoms with Crippen molar-refractivity contribution in [3.05, 3.63) is 24.3 Å². The lowest BCUT2D eigenvalue weighted by Gasteiger charge is -2.42. The van der Waals surface area contributed by atoms with Crippen LogP contribution in [0, 0.1) is 11.8 Å². The van der Waals surface area contributed by atoms with E-state index in [1.54, 1.807) is 11.5 Å². The third kappa shape index (κ3) is 2.38. The van der Waals surface area contributed by atoms with Gasteiger partial charge in [0, 0.05) is 17.2 Å². The fraction of sp³-hybridized carbons (Fsp3) is 0.632. The number of hydrogen-bond acceptors (Lipinski definition) is 3. The van der Waals surface area contributed by atoms with Crippen molar-refractivity contribution >= 4 is 27.4 Å². The molecule has 0 bridgehead atoms. The predicted molar refractivity (Wildman–Crippen MR) is 97.0 cm³/mol. The standard InChI is InChI=1S/C19H26N3S/c1-2-6-16-14-22(13-15(16)5-1)11-9-21(10-12-22)19-17-7-3-4-8-18(17)23-20-19/h3-4,7-8,15-16H,1-2,5-6,9-14H2/q+1/t15-,16-/m1/s1. The first-order chi connectivity index (χ1) is 11.3. The third-order valence-corrected chi connectivity index (χ3v) is 7.47. The number of quaternary nitrogens is 1. The van der Waals surface area contributed by atoms with Crippen LogP contribution in [-0.2, 0) is 0 Å². The molecule has 0 N–H and O–H groups in total. The minimum atomic E-state index is 1.04. The molecule has 3 nitrogen and oxygen atoms in total. The average Bonchev–Trinajstić information content (AvgIpc) is 3.17. The second kappa shape index (κ2) is 5.45. The Balaban J connectivity index is 1.33. The first-order valence-corrected chi connectivity index (χ1v) is 10.0. The molecule has 0 amide bonds.